The second-order valence-corrected chi connectivity index (χ2v) is 7.48. The summed E-state index contributed by atoms with van der Waals surface area (Å²) in [6.45, 7) is 5.82. The summed E-state index contributed by atoms with van der Waals surface area (Å²) >= 11 is 0. The molecule has 0 aliphatic heterocycles. The van der Waals surface area contributed by atoms with Gasteiger partial charge in [-0.3, -0.25) is 4.79 Å². The number of amides is 1. The van der Waals surface area contributed by atoms with Crippen LogP contribution in [0.4, 0.5) is 21.6 Å². The highest BCUT2D eigenvalue weighted by molar-refractivity contribution is 5.92. The molecule has 0 unspecified atom stereocenters. The highest BCUT2D eigenvalue weighted by Gasteiger charge is 2.10. The topological polar surface area (TPSA) is 94.0 Å². The Kier molecular flexibility index (Phi) is 6.30. The van der Waals surface area contributed by atoms with Crippen LogP contribution in [-0.2, 0) is 4.79 Å². The van der Waals surface area contributed by atoms with E-state index < -0.39 is 0 Å². The monoisotopic (exact) mass is 446 g/mol. The number of aryl methyl sites for hydroxylation is 1. The lowest BCUT2D eigenvalue weighted by atomic mass is 10.2. The summed E-state index contributed by atoms with van der Waals surface area (Å²) in [7, 11) is 0. The van der Waals surface area contributed by atoms with E-state index in [2.05, 4.69) is 25.9 Å². The fourth-order valence-electron chi connectivity index (χ4n) is 3.11. The summed E-state index contributed by atoms with van der Waals surface area (Å²) < 4.78 is 20.0. The van der Waals surface area contributed by atoms with Crippen LogP contribution in [0.2, 0.25) is 0 Å². The van der Waals surface area contributed by atoms with Gasteiger partial charge >= 0.3 is 0 Å². The van der Waals surface area contributed by atoms with E-state index in [1.165, 1.54) is 24.3 Å². The van der Waals surface area contributed by atoms with E-state index in [0.717, 1.165) is 22.6 Å². The van der Waals surface area contributed by atoms with Gasteiger partial charge < -0.3 is 15.4 Å². The predicted octanol–water partition coefficient (Wildman–Crippen LogP) is 4.49. The number of aromatic nitrogens is 4. The van der Waals surface area contributed by atoms with Crippen LogP contribution >= 0.6 is 0 Å². The quantitative estimate of drug-likeness (QED) is 0.435. The number of rotatable bonds is 7. The molecular weight excluding hydrogens is 423 g/mol. The Labute approximate surface area is 190 Å². The Hall–Kier alpha value is -4.27. The average Bonchev–Trinajstić information content (AvgIpc) is 3.08. The molecule has 0 bridgehead atoms. The maximum Gasteiger partial charge on any atom is 0.262 e. The minimum absolute atomic E-state index is 0.178. The van der Waals surface area contributed by atoms with Crippen molar-refractivity contribution in [1.29, 1.82) is 0 Å². The van der Waals surface area contributed by atoms with Gasteiger partial charge in [-0.05, 0) is 87.0 Å². The number of nitrogens with one attached hydrogen (secondary N) is 2. The highest BCUT2D eigenvalue weighted by atomic mass is 19.1. The second-order valence-electron chi connectivity index (χ2n) is 7.48. The van der Waals surface area contributed by atoms with Crippen molar-refractivity contribution in [2.45, 2.75) is 20.8 Å². The van der Waals surface area contributed by atoms with E-state index in [9.17, 15) is 9.18 Å². The van der Waals surface area contributed by atoms with Gasteiger partial charge in [0.1, 0.15) is 11.6 Å². The van der Waals surface area contributed by atoms with E-state index in [1.54, 1.807) is 16.8 Å². The largest absolute Gasteiger partial charge is 0.484 e. The van der Waals surface area contributed by atoms with Gasteiger partial charge in [-0.25, -0.2) is 9.07 Å². The molecular formula is C24H23FN6O2. The molecule has 9 heteroatoms. The van der Waals surface area contributed by atoms with Crippen molar-refractivity contribution < 1.29 is 13.9 Å². The summed E-state index contributed by atoms with van der Waals surface area (Å²) in [5.41, 5.74) is 4.54. The van der Waals surface area contributed by atoms with Crippen LogP contribution < -0.4 is 15.4 Å². The molecule has 0 saturated carbocycles. The smallest absolute Gasteiger partial charge is 0.262 e. The van der Waals surface area contributed by atoms with Gasteiger partial charge in [0.15, 0.2) is 18.2 Å². The number of benzene rings is 2. The SMILES string of the molecule is Cc1nn(-c2ccc(Nc3ccc(NC(=O)COc4ccc(F)cc4)cc3)nn2)c(C)c1C. The molecule has 2 aromatic carbocycles. The maximum absolute atomic E-state index is 12.9. The van der Waals surface area contributed by atoms with Crippen molar-refractivity contribution in [3.63, 3.8) is 0 Å². The highest BCUT2D eigenvalue weighted by Crippen LogP contribution is 2.19. The Morgan fingerprint density at radius 1 is 0.939 bits per heavy atom. The normalized spacial score (nSPS) is 10.7. The zero-order valence-electron chi connectivity index (χ0n) is 18.5. The van der Waals surface area contributed by atoms with Crippen LogP contribution in [0.25, 0.3) is 5.82 Å². The van der Waals surface area contributed by atoms with Gasteiger partial charge in [-0.2, -0.15) is 5.10 Å². The zero-order chi connectivity index (χ0) is 23.4. The first-order chi connectivity index (χ1) is 15.9. The van der Waals surface area contributed by atoms with Gasteiger partial charge in [0.2, 0.25) is 0 Å². The standard InChI is InChI=1S/C24H23FN6O2/c1-15-16(2)30-31(17(15)3)23-13-12-22(28-29-23)26-19-6-8-20(9-7-19)27-24(32)14-33-21-10-4-18(25)5-11-21/h4-13H,14H2,1-3H3,(H,26,28)(H,27,32). The van der Waals surface area contributed by atoms with Crippen molar-refractivity contribution in [3.05, 3.63) is 83.4 Å². The van der Waals surface area contributed by atoms with Gasteiger partial charge in [0.25, 0.3) is 5.91 Å². The van der Waals surface area contributed by atoms with Crippen molar-refractivity contribution in [3.8, 4) is 11.6 Å². The van der Waals surface area contributed by atoms with Crippen LogP contribution in [0.3, 0.4) is 0 Å². The van der Waals surface area contributed by atoms with E-state index in [4.69, 9.17) is 4.74 Å². The molecule has 2 aromatic heterocycles. The minimum atomic E-state index is -0.361. The van der Waals surface area contributed by atoms with Crippen LogP contribution in [0.15, 0.2) is 60.7 Å². The van der Waals surface area contributed by atoms with Crippen molar-refractivity contribution >= 4 is 23.1 Å². The average molecular weight is 446 g/mol. The van der Waals surface area contributed by atoms with Gasteiger partial charge in [0, 0.05) is 17.1 Å². The van der Waals surface area contributed by atoms with Crippen molar-refractivity contribution in [2.75, 3.05) is 17.2 Å². The van der Waals surface area contributed by atoms with Gasteiger partial charge in [0.05, 0.1) is 5.69 Å². The molecule has 0 aliphatic carbocycles. The maximum atomic E-state index is 12.9. The molecule has 0 radical (unpaired) electrons. The van der Waals surface area contributed by atoms with Crippen molar-refractivity contribution in [2.24, 2.45) is 0 Å². The van der Waals surface area contributed by atoms with Crippen LogP contribution in [0.1, 0.15) is 17.0 Å². The Balaban J connectivity index is 1.32. The summed E-state index contributed by atoms with van der Waals surface area (Å²) in [6, 6.07) is 16.3. The molecule has 0 aliphatic rings. The second kappa shape index (κ2) is 9.47. The molecule has 2 N–H and O–H groups in total. The summed E-state index contributed by atoms with van der Waals surface area (Å²) in [5.74, 6) is 0.976. The number of ether oxygens (including phenoxy) is 1. The third kappa shape index (κ3) is 5.32. The third-order valence-corrected chi connectivity index (χ3v) is 5.15. The molecule has 168 valence electrons. The van der Waals surface area contributed by atoms with Crippen molar-refractivity contribution in [1.82, 2.24) is 20.0 Å². The van der Waals surface area contributed by atoms with Gasteiger partial charge in [-0.1, -0.05) is 0 Å². The molecule has 0 atom stereocenters. The van der Waals surface area contributed by atoms with E-state index in [1.807, 2.05) is 45.0 Å². The molecule has 4 aromatic rings. The van der Waals surface area contributed by atoms with Gasteiger partial charge in [-0.15, -0.1) is 10.2 Å². The third-order valence-electron chi connectivity index (χ3n) is 5.15. The molecule has 4 rings (SSSR count). The zero-order valence-corrected chi connectivity index (χ0v) is 18.5. The Morgan fingerprint density at radius 2 is 1.64 bits per heavy atom. The number of hydrogen-bond acceptors (Lipinski definition) is 6. The molecule has 0 spiro atoms. The number of anilines is 3. The van der Waals surface area contributed by atoms with E-state index in [0.29, 0.717) is 23.1 Å². The summed E-state index contributed by atoms with van der Waals surface area (Å²) in [6.07, 6.45) is 0. The molecule has 8 nitrogen and oxygen atoms in total. The number of carbonyl (C=O) groups excluding carboxylic acids is 1. The first-order valence-corrected chi connectivity index (χ1v) is 10.3. The van der Waals surface area contributed by atoms with Crippen LogP contribution in [0.5, 0.6) is 5.75 Å². The molecule has 33 heavy (non-hydrogen) atoms. The lowest BCUT2D eigenvalue weighted by molar-refractivity contribution is -0.118. The molecule has 1 amide bonds. The van der Waals surface area contributed by atoms with Crippen LogP contribution in [-0.4, -0.2) is 32.5 Å². The lowest BCUT2D eigenvalue weighted by Crippen LogP contribution is -2.20. The first kappa shape index (κ1) is 21.9. The summed E-state index contributed by atoms with van der Waals surface area (Å²) in [5, 5.41) is 18.9. The number of halogens is 1. The summed E-state index contributed by atoms with van der Waals surface area (Å²) in [4.78, 5) is 12.1. The number of carbonyl (C=O) groups is 1. The minimum Gasteiger partial charge on any atom is -0.484 e. The molecule has 0 saturated heterocycles. The van der Waals surface area contributed by atoms with E-state index in [-0.39, 0.29) is 18.3 Å². The number of nitrogens with zero attached hydrogens (tertiary/aromatic N) is 4. The molecule has 0 fully saturated rings. The fraction of sp³-hybridized carbons (Fsp3) is 0.167. The Morgan fingerprint density at radius 3 is 2.24 bits per heavy atom. The lowest BCUT2D eigenvalue weighted by Gasteiger charge is -2.09. The first-order valence-electron chi connectivity index (χ1n) is 10.3. The van der Waals surface area contributed by atoms with E-state index >= 15 is 0 Å². The Bertz CT molecular complexity index is 1250. The molecule has 2 heterocycles. The fourth-order valence-corrected chi connectivity index (χ4v) is 3.11. The predicted molar refractivity (Wildman–Crippen MR) is 124 cm³/mol. The van der Waals surface area contributed by atoms with Crippen LogP contribution in [0, 0.1) is 26.6 Å². The number of hydrogen-bond donors (Lipinski definition) is 2.